The van der Waals surface area contributed by atoms with Crippen LogP contribution in [0.2, 0.25) is 10.0 Å². The molecule has 2 heterocycles. The lowest BCUT2D eigenvalue weighted by molar-refractivity contribution is -0.143. The zero-order valence-corrected chi connectivity index (χ0v) is 17.6. The maximum absolute atomic E-state index is 12.5. The van der Waals surface area contributed by atoms with E-state index >= 15 is 0 Å². The number of ether oxygens (including phenoxy) is 1. The molecule has 0 unspecified atom stereocenters. The number of hydrogen-bond acceptors (Lipinski definition) is 5. The molecule has 9 heteroatoms. The van der Waals surface area contributed by atoms with E-state index in [9.17, 15) is 14.4 Å². The predicted octanol–water partition coefficient (Wildman–Crippen LogP) is 4.61. The number of nitrogens with zero attached hydrogens (tertiary/aromatic N) is 2. The van der Waals surface area contributed by atoms with Crippen LogP contribution in [-0.2, 0) is 14.3 Å². The Morgan fingerprint density at radius 2 is 1.96 bits per heavy atom. The first-order valence-corrected chi connectivity index (χ1v) is 9.77. The molecule has 6 nitrogen and oxygen atoms in total. The van der Waals surface area contributed by atoms with Gasteiger partial charge >= 0.3 is 5.97 Å². The molecule has 1 fully saturated rings. The number of carbonyl (C=O) groups excluding carboxylic acids is 3. The Bertz CT molecular complexity index is 1030. The summed E-state index contributed by atoms with van der Waals surface area (Å²) in [6, 6.07) is 7.25. The summed E-state index contributed by atoms with van der Waals surface area (Å²) >= 11 is 13.3. The minimum Gasteiger partial charge on any atom is -0.468 e. The van der Waals surface area contributed by atoms with Crippen LogP contribution in [0, 0.1) is 13.8 Å². The van der Waals surface area contributed by atoms with Crippen molar-refractivity contribution in [2.75, 3.05) is 13.7 Å². The first kappa shape index (κ1) is 20.5. The number of hydrogen-bond donors (Lipinski definition) is 0. The summed E-state index contributed by atoms with van der Waals surface area (Å²) in [5.74, 6) is -1.18. The zero-order valence-electron chi connectivity index (χ0n) is 15.3. The predicted molar refractivity (Wildman–Crippen MR) is 110 cm³/mol. The minimum atomic E-state index is -0.655. The van der Waals surface area contributed by atoms with Gasteiger partial charge in [0, 0.05) is 11.4 Å². The maximum atomic E-state index is 12.5. The third kappa shape index (κ3) is 3.70. The molecule has 0 bridgehead atoms. The lowest BCUT2D eigenvalue weighted by Crippen LogP contribution is -2.34. The van der Waals surface area contributed by atoms with E-state index in [0.29, 0.717) is 10.0 Å². The zero-order chi connectivity index (χ0) is 20.6. The van der Waals surface area contributed by atoms with Crippen molar-refractivity contribution in [3.05, 3.63) is 56.2 Å². The van der Waals surface area contributed by atoms with Gasteiger partial charge in [0.2, 0.25) is 0 Å². The molecule has 3 rings (SSSR count). The molecule has 0 saturated carbocycles. The molecule has 2 aromatic rings. The SMILES string of the molecule is COC(=O)CN1C(=O)S/C(=C\c2cc(C)n(-c3cccc(Cl)c3Cl)c2C)C1=O. The van der Waals surface area contributed by atoms with Gasteiger partial charge in [-0.3, -0.25) is 19.3 Å². The number of esters is 1. The van der Waals surface area contributed by atoms with Crippen LogP contribution in [0.5, 0.6) is 0 Å². The van der Waals surface area contributed by atoms with E-state index in [2.05, 4.69) is 4.74 Å². The fourth-order valence-corrected chi connectivity index (χ4v) is 4.15. The molecule has 0 spiro atoms. The highest BCUT2D eigenvalue weighted by molar-refractivity contribution is 8.18. The van der Waals surface area contributed by atoms with Gasteiger partial charge in [0.25, 0.3) is 11.1 Å². The Labute approximate surface area is 176 Å². The number of thioether (sulfide) groups is 1. The monoisotopic (exact) mass is 438 g/mol. The van der Waals surface area contributed by atoms with E-state index in [1.807, 2.05) is 30.5 Å². The molecular formula is C19H16Cl2N2O4S. The van der Waals surface area contributed by atoms with Gasteiger partial charge in [0.05, 0.1) is 27.7 Å². The van der Waals surface area contributed by atoms with E-state index < -0.39 is 23.7 Å². The molecule has 146 valence electrons. The third-order valence-corrected chi connectivity index (χ3v) is 6.03. The van der Waals surface area contributed by atoms with Gasteiger partial charge in [-0.25, -0.2) is 0 Å². The first-order valence-electron chi connectivity index (χ1n) is 8.20. The van der Waals surface area contributed by atoms with Gasteiger partial charge in [-0.05, 0) is 55.4 Å². The topological polar surface area (TPSA) is 68.6 Å². The third-order valence-electron chi connectivity index (χ3n) is 4.32. The normalized spacial score (nSPS) is 15.6. The highest BCUT2D eigenvalue weighted by atomic mass is 35.5. The Balaban J connectivity index is 1.98. The smallest absolute Gasteiger partial charge is 0.325 e. The van der Waals surface area contributed by atoms with Crippen molar-refractivity contribution in [2.45, 2.75) is 13.8 Å². The van der Waals surface area contributed by atoms with Gasteiger partial charge in [-0.15, -0.1) is 0 Å². The van der Waals surface area contributed by atoms with Crippen LogP contribution >= 0.6 is 35.0 Å². The van der Waals surface area contributed by atoms with Crippen LogP contribution < -0.4 is 0 Å². The summed E-state index contributed by atoms with van der Waals surface area (Å²) in [6.07, 6.45) is 1.64. The summed E-state index contributed by atoms with van der Waals surface area (Å²) in [5, 5.41) is 0.362. The van der Waals surface area contributed by atoms with Crippen LogP contribution in [0.15, 0.2) is 29.2 Å². The van der Waals surface area contributed by atoms with E-state index in [4.69, 9.17) is 23.2 Å². The lowest BCUT2D eigenvalue weighted by Gasteiger charge is -2.12. The summed E-state index contributed by atoms with van der Waals surface area (Å²) in [6.45, 7) is 3.38. The standard InChI is InChI=1S/C19H16Cl2N2O4S/c1-10-7-12(11(2)23(10)14-6-4-5-13(20)17(14)21)8-15-18(25)22(19(26)28-15)9-16(24)27-3/h4-8H,9H2,1-3H3/b15-8-. The summed E-state index contributed by atoms with van der Waals surface area (Å²) < 4.78 is 6.46. The molecule has 1 aromatic carbocycles. The fraction of sp³-hybridized carbons (Fsp3) is 0.211. The number of amides is 2. The lowest BCUT2D eigenvalue weighted by atomic mass is 10.2. The Kier molecular flexibility index (Phi) is 5.88. The maximum Gasteiger partial charge on any atom is 0.325 e. The molecule has 0 atom stereocenters. The molecule has 2 amide bonds. The highest BCUT2D eigenvalue weighted by Gasteiger charge is 2.36. The van der Waals surface area contributed by atoms with E-state index in [0.717, 1.165) is 39.3 Å². The van der Waals surface area contributed by atoms with Gasteiger partial charge in [-0.2, -0.15) is 0 Å². The number of methoxy groups -OCH3 is 1. The van der Waals surface area contributed by atoms with E-state index in [1.54, 1.807) is 18.2 Å². The van der Waals surface area contributed by atoms with Crippen LogP contribution in [0.25, 0.3) is 11.8 Å². The van der Waals surface area contributed by atoms with Crippen molar-refractivity contribution >= 4 is 58.2 Å². The van der Waals surface area contributed by atoms with Gasteiger partial charge in [-0.1, -0.05) is 29.3 Å². The van der Waals surface area contributed by atoms with Crippen molar-refractivity contribution < 1.29 is 19.1 Å². The highest BCUT2D eigenvalue weighted by Crippen LogP contribution is 2.35. The Morgan fingerprint density at radius 1 is 1.25 bits per heavy atom. The number of carbonyl (C=O) groups is 3. The number of benzene rings is 1. The average Bonchev–Trinajstić information content (AvgIpc) is 3.07. The van der Waals surface area contributed by atoms with Crippen LogP contribution in [0.1, 0.15) is 17.0 Å². The second-order valence-corrected chi connectivity index (χ2v) is 7.86. The van der Waals surface area contributed by atoms with Crippen molar-refractivity contribution in [3.63, 3.8) is 0 Å². The van der Waals surface area contributed by atoms with Gasteiger partial charge in [0.15, 0.2) is 0 Å². The van der Waals surface area contributed by atoms with Crippen LogP contribution in [0.4, 0.5) is 4.79 Å². The summed E-state index contributed by atoms with van der Waals surface area (Å²) in [5.41, 5.74) is 3.21. The number of halogens is 2. The molecular weight excluding hydrogens is 423 g/mol. The first-order chi connectivity index (χ1) is 13.2. The second kappa shape index (κ2) is 8.03. The van der Waals surface area contributed by atoms with Crippen molar-refractivity contribution in [3.8, 4) is 5.69 Å². The minimum absolute atomic E-state index is 0.242. The number of imide groups is 1. The molecule has 0 N–H and O–H groups in total. The molecule has 1 aliphatic rings. The molecule has 1 saturated heterocycles. The number of aryl methyl sites for hydroxylation is 1. The van der Waals surface area contributed by atoms with Crippen molar-refractivity contribution in [2.24, 2.45) is 0 Å². The van der Waals surface area contributed by atoms with Gasteiger partial charge in [0.1, 0.15) is 6.54 Å². The Morgan fingerprint density at radius 3 is 2.64 bits per heavy atom. The Hall–Kier alpha value is -2.22. The molecule has 1 aromatic heterocycles. The molecule has 1 aliphatic heterocycles. The van der Waals surface area contributed by atoms with Crippen LogP contribution in [0.3, 0.4) is 0 Å². The van der Waals surface area contributed by atoms with Crippen molar-refractivity contribution in [1.29, 1.82) is 0 Å². The van der Waals surface area contributed by atoms with E-state index in [1.165, 1.54) is 7.11 Å². The van der Waals surface area contributed by atoms with E-state index in [-0.39, 0.29) is 4.91 Å². The largest absolute Gasteiger partial charge is 0.468 e. The average molecular weight is 439 g/mol. The summed E-state index contributed by atoms with van der Waals surface area (Å²) in [4.78, 5) is 37.1. The molecule has 0 radical (unpaired) electrons. The van der Waals surface area contributed by atoms with Gasteiger partial charge < -0.3 is 9.30 Å². The number of rotatable bonds is 4. The fourth-order valence-electron chi connectivity index (χ4n) is 2.94. The molecule has 0 aliphatic carbocycles. The van der Waals surface area contributed by atoms with Crippen molar-refractivity contribution in [1.82, 2.24) is 9.47 Å². The van der Waals surface area contributed by atoms with Crippen LogP contribution in [-0.4, -0.2) is 40.2 Å². The quantitative estimate of drug-likeness (QED) is 0.514. The summed E-state index contributed by atoms with van der Waals surface area (Å²) in [7, 11) is 1.20. The molecule has 28 heavy (non-hydrogen) atoms. The second-order valence-electron chi connectivity index (χ2n) is 6.08. The number of aromatic nitrogens is 1.